The second kappa shape index (κ2) is 6.96. The highest BCUT2D eigenvalue weighted by molar-refractivity contribution is 5.94. The molecule has 0 unspecified atom stereocenters. The summed E-state index contributed by atoms with van der Waals surface area (Å²) in [7, 11) is 4.08. The van der Waals surface area contributed by atoms with Gasteiger partial charge in [-0.2, -0.15) is 5.10 Å². The zero-order valence-electron chi connectivity index (χ0n) is 14.6. The molecule has 1 amide bonds. The molecule has 0 aliphatic carbocycles. The minimum Gasteiger partial charge on any atom is -0.351 e. The van der Waals surface area contributed by atoms with Gasteiger partial charge < -0.3 is 10.2 Å². The fourth-order valence-electron chi connectivity index (χ4n) is 2.65. The molecule has 1 N–H and O–H groups in total. The second-order valence-electron chi connectivity index (χ2n) is 7.09. The molecule has 0 aliphatic rings. The van der Waals surface area contributed by atoms with Crippen molar-refractivity contribution in [1.82, 2.24) is 20.0 Å². The van der Waals surface area contributed by atoms with Crippen LogP contribution >= 0.6 is 0 Å². The Labute approximate surface area is 138 Å². The van der Waals surface area contributed by atoms with Gasteiger partial charge in [-0.3, -0.25) is 4.79 Å². The molecule has 0 radical (unpaired) electrons. The first-order valence-corrected chi connectivity index (χ1v) is 7.81. The first kappa shape index (κ1) is 17.2. The summed E-state index contributed by atoms with van der Waals surface area (Å²) in [5.74, 6) is -0.0416. The molecule has 5 heteroatoms. The van der Waals surface area contributed by atoms with Crippen LogP contribution in [0.3, 0.4) is 0 Å². The molecule has 2 rings (SSSR count). The first-order chi connectivity index (χ1) is 10.8. The van der Waals surface area contributed by atoms with E-state index in [0.717, 1.165) is 17.8 Å². The maximum Gasteiger partial charge on any atom is 0.251 e. The van der Waals surface area contributed by atoms with Gasteiger partial charge in [0.05, 0.1) is 11.9 Å². The number of hydrogen-bond donors (Lipinski definition) is 1. The van der Waals surface area contributed by atoms with Crippen molar-refractivity contribution < 1.29 is 4.79 Å². The number of amides is 1. The van der Waals surface area contributed by atoms with Crippen molar-refractivity contribution in [2.24, 2.45) is 5.41 Å². The quantitative estimate of drug-likeness (QED) is 0.891. The number of aryl methyl sites for hydroxylation is 1. The fourth-order valence-corrected chi connectivity index (χ4v) is 2.65. The summed E-state index contributed by atoms with van der Waals surface area (Å²) in [5, 5.41) is 7.29. The predicted molar refractivity (Wildman–Crippen MR) is 93.0 cm³/mol. The van der Waals surface area contributed by atoms with Crippen LogP contribution in [-0.2, 0) is 0 Å². The molecule has 124 valence electrons. The number of nitrogens with zero attached hydrogens (tertiary/aromatic N) is 3. The van der Waals surface area contributed by atoms with Gasteiger partial charge in [0.25, 0.3) is 5.91 Å². The number of rotatable bonds is 6. The predicted octanol–water partition coefficient (Wildman–Crippen LogP) is 2.50. The molecule has 0 spiro atoms. The molecular formula is C18H26N4O. The molecule has 0 fully saturated rings. The Hall–Kier alpha value is -2.14. The Morgan fingerprint density at radius 1 is 1.26 bits per heavy atom. The van der Waals surface area contributed by atoms with Crippen molar-refractivity contribution in [2.75, 3.05) is 27.2 Å². The zero-order valence-corrected chi connectivity index (χ0v) is 14.6. The van der Waals surface area contributed by atoms with Gasteiger partial charge in [-0.25, -0.2) is 4.68 Å². The van der Waals surface area contributed by atoms with E-state index in [0.29, 0.717) is 12.1 Å². The summed E-state index contributed by atoms with van der Waals surface area (Å²) in [6, 6.07) is 7.49. The standard InChI is InChI=1S/C18H26N4O/c1-14-10-20-22(11-14)16-8-6-15(7-9-16)17(23)19-12-18(2,3)13-21(4)5/h6-11H,12-13H2,1-5H3,(H,19,23). The van der Waals surface area contributed by atoms with Crippen LogP contribution in [0.2, 0.25) is 0 Å². The van der Waals surface area contributed by atoms with Crippen LogP contribution in [0.4, 0.5) is 0 Å². The van der Waals surface area contributed by atoms with E-state index in [-0.39, 0.29) is 11.3 Å². The zero-order chi connectivity index (χ0) is 17.0. The lowest BCUT2D eigenvalue weighted by atomic mass is 9.93. The van der Waals surface area contributed by atoms with Crippen molar-refractivity contribution in [3.05, 3.63) is 47.8 Å². The molecular weight excluding hydrogens is 288 g/mol. The molecule has 5 nitrogen and oxygen atoms in total. The second-order valence-corrected chi connectivity index (χ2v) is 7.09. The van der Waals surface area contributed by atoms with Crippen LogP contribution in [0.1, 0.15) is 29.8 Å². The highest BCUT2D eigenvalue weighted by atomic mass is 16.1. The minimum atomic E-state index is -0.0416. The topological polar surface area (TPSA) is 50.2 Å². The van der Waals surface area contributed by atoms with E-state index in [1.165, 1.54) is 0 Å². The third-order valence-corrected chi connectivity index (χ3v) is 3.58. The lowest BCUT2D eigenvalue weighted by molar-refractivity contribution is 0.0929. The van der Waals surface area contributed by atoms with Gasteiger partial charge in [0.15, 0.2) is 0 Å². The van der Waals surface area contributed by atoms with E-state index >= 15 is 0 Å². The van der Waals surface area contributed by atoms with E-state index in [2.05, 4.69) is 29.2 Å². The lowest BCUT2D eigenvalue weighted by Crippen LogP contribution is -2.39. The highest BCUT2D eigenvalue weighted by Crippen LogP contribution is 2.15. The molecule has 0 aliphatic heterocycles. The van der Waals surface area contributed by atoms with E-state index in [4.69, 9.17) is 0 Å². The largest absolute Gasteiger partial charge is 0.351 e. The van der Waals surface area contributed by atoms with Crippen LogP contribution in [0.5, 0.6) is 0 Å². The summed E-state index contributed by atoms with van der Waals surface area (Å²) in [6.07, 6.45) is 3.77. The molecule has 2 aromatic rings. The van der Waals surface area contributed by atoms with E-state index in [1.54, 1.807) is 4.68 Å². The number of carbonyl (C=O) groups excluding carboxylic acids is 1. The van der Waals surface area contributed by atoms with Gasteiger partial charge in [-0.1, -0.05) is 13.8 Å². The number of nitrogens with one attached hydrogen (secondary N) is 1. The van der Waals surface area contributed by atoms with Crippen LogP contribution in [0, 0.1) is 12.3 Å². The van der Waals surface area contributed by atoms with Gasteiger partial charge in [-0.05, 0) is 56.3 Å². The van der Waals surface area contributed by atoms with Crippen molar-refractivity contribution >= 4 is 5.91 Å². The normalized spacial score (nSPS) is 11.7. The lowest BCUT2D eigenvalue weighted by Gasteiger charge is -2.28. The van der Waals surface area contributed by atoms with Gasteiger partial charge >= 0.3 is 0 Å². The summed E-state index contributed by atoms with van der Waals surface area (Å²) in [6.45, 7) is 7.86. The van der Waals surface area contributed by atoms with Crippen molar-refractivity contribution in [3.8, 4) is 5.69 Å². The van der Waals surface area contributed by atoms with Gasteiger partial charge in [0.1, 0.15) is 0 Å². The summed E-state index contributed by atoms with van der Waals surface area (Å²) in [5.41, 5.74) is 2.75. The molecule has 0 saturated heterocycles. The van der Waals surface area contributed by atoms with Crippen LogP contribution in [0.25, 0.3) is 5.69 Å². The maximum atomic E-state index is 12.3. The molecule has 1 aromatic carbocycles. The monoisotopic (exact) mass is 314 g/mol. The average molecular weight is 314 g/mol. The van der Waals surface area contributed by atoms with E-state index in [1.807, 2.05) is 57.7 Å². The SMILES string of the molecule is Cc1cnn(-c2ccc(C(=O)NCC(C)(C)CN(C)C)cc2)c1. The number of aromatic nitrogens is 2. The van der Waals surface area contributed by atoms with Crippen molar-refractivity contribution in [3.63, 3.8) is 0 Å². The van der Waals surface area contributed by atoms with Crippen LogP contribution in [-0.4, -0.2) is 47.8 Å². The van der Waals surface area contributed by atoms with Gasteiger partial charge in [-0.15, -0.1) is 0 Å². The van der Waals surface area contributed by atoms with Gasteiger partial charge in [0, 0.05) is 24.8 Å². The third-order valence-electron chi connectivity index (χ3n) is 3.58. The Kier molecular flexibility index (Phi) is 5.21. The third kappa shape index (κ3) is 4.93. The molecule has 0 bridgehead atoms. The van der Waals surface area contributed by atoms with Crippen LogP contribution < -0.4 is 5.32 Å². The van der Waals surface area contributed by atoms with E-state index in [9.17, 15) is 4.79 Å². The van der Waals surface area contributed by atoms with E-state index < -0.39 is 0 Å². The van der Waals surface area contributed by atoms with Crippen molar-refractivity contribution in [1.29, 1.82) is 0 Å². The summed E-state index contributed by atoms with van der Waals surface area (Å²) >= 11 is 0. The molecule has 1 aromatic heterocycles. The Morgan fingerprint density at radius 3 is 2.43 bits per heavy atom. The number of hydrogen-bond acceptors (Lipinski definition) is 3. The number of carbonyl (C=O) groups is 1. The Morgan fingerprint density at radius 2 is 1.91 bits per heavy atom. The fraction of sp³-hybridized carbons (Fsp3) is 0.444. The minimum absolute atomic E-state index is 0.0334. The summed E-state index contributed by atoms with van der Waals surface area (Å²) < 4.78 is 1.80. The molecule has 23 heavy (non-hydrogen) atoms. The van der Waals surface area contributed by atoms with Crippen LogP contribution in [0.15, 0.2) is 36.7 Å². The Bertz CT molecular complexity index is 656. The van der Waals surface area contributed by atoms with Crippen molar-refractivity contribution in [2.45, 2.75) is 20.8 Å². The maximum absolute atomic E-state index is 12.3. The molecule has 1 heterocycles. The number of benzene rings is 1. The molecule has 0 atom stereocenters. The summed E-state index contributed by atoms with van der Waals surface area (Å²) in [4.78, 5) is 14.4. The average Bonchev–Trinajstić information content (AvgIpc) is 2.90. The first-order valence-electron chi connectivity index (χ1n) is 7.81. The highest BCUT2D eigenvalue weighted by Gasteiger charge is 2.20. The van der Waals surface area contributed by atoms with Gasteiger partial charge in [0.2, 0.25) is 0 Å². The Balaban J connectivity index is 1.98. The molecule has 0 saturated carbocycles. The smallest absolute Gasteiger partial charge is 0.251 e.